The predicted molar refractivity (Wildman–Crippen MR) is 72.4 cm³/mol. The molecule has 0 saturated heterocycles. The van der Waals surface area contributed by atoms with Crippen molar-refractivity contribution >= 4 is 5.97 Å². The van der Waals surface area contributed by atoms with Crippen LogP contribution in [0.25, 0.3) is 0 Å². The third kappa shape index (κ3) is 3.84. The summed E-state index contributed by atoms with van der Waals surface area (Å²) in [6.45, 7) is 6.34. The van der Waals surface area contributed by atoms with Crippen LogP contribution in [0.1, 0.15) is 39.7 Å². The van der Waals surface area contributed by atoms with E-state index in [1.165, 1.54) is 4.57 Å². The van der Waals surface area contributed by atoms with Gasteiger partial charge in [0.1, 0.15) is 6.04 Å². The van der Waals surface area contributed by atoms with E-state index < -0.39 is 6.04 Å². The molecular formula is C14H21NO4. The third-order valence-electron chi connectivity index (χ3n) is 2.68. The van der Waals surface area contributed by atoms with Crippen LogP contribution in [-0.2, 0) is 9.53 Å². The average Bonchev–Trinajstić information content (AvgIpc) is 2.40. The molecule has 106 valence electrons. The molecular weight excluding hydrogens is 246 g/mol. The second-order valence-corrected chi connectivity index (χ2v) is 4.11. The molecule has 0 fully saturated rings. The van der Waals surface area contributed by atoms with Crippen LogP contribution in [0.3, 0.4) is 0 Å². The van der Waals surface area contributed by atoms with E-state index in [4.69, 9.17) is 9.47 Å². The lowest BCUT2D eigenvalue weighted by Crippen LogP contribution is -2.31. The summed E-state index contributed by atoms with van der Waals surface area (Å²) >= 11 is 0. The molecule has 1 rings (SSSR count). The van der Waals surface area contributed by atoms with Crippen molar-refractivity contribution in [2.45, 2.75) is 39.7 Å². The molecule has 1 heterocycles. The first-order valence-corrected chi connectivity index (χ1v) is 6.66. The molecule has 1 aromatic rings. The van der Waals surface area contributed by atoms with E-state index in [9.17, 15) is 9.59 Å². The first-order valence-electron chi connectivity index (χ1n) is 6.66. The van der Waals surface area contributed by atoms with Crippen molar-refractivity contribution in [2.75, 3.05) is 13.2 Å². The normalized spacial score (nSPS) is 11.9. The molecule has 0 aromatic carbocycles. The first kappa shape index (κ1) is 15.3. The Kier molecular flexibility index (Phi) is 6.12. The van der Waals surface area contributed by atoms with Crippen LogP contribution in [0.4, 0.5) is 0 Å². The molecule has 0 saturated carbocycles. The van der Waals surface area contributed by atoms with E-state index in [0.717, 1.165) is 6.42 Å². The van der Waals surface area contributed by atoms with Crippen molar-refractivity contribution in [3.05, 3.63) is 28.7 Å². The largest absolute Gasteiger partial charge is 0.488 e. The maximum Gasteiger partial charge on any atom is 0.329 e. The summed E-state index contributed by atoms with van der Waals surface area (Å²) in [5.41, 5.74) is -0.296. The maximum absolute atomic E-state index is 12.2. The fraction of sp³-hybridized carbons (Fsp3) is 0.571. The Morgan fingerprint density at radius 2 is 2.11 bits per heavy atom. The number of ether oxygens (including phenoxy) is 2. The first-order chi connectivity index (χ1) is 9.15. The van der Waals surface area contributed by atoms with Crippen molar-refractivity contribution in [3.8, 4) is 5.75 Å². The summed E-state index contributed by atoms with van der Waals surface area (Å²) in [6.07, 6.45) is 2.91. The number of carbonyl (C=O) groups excluding carboxylic acids is 1. The lowest BCUT2D eigenvalue weighted by molar-refractivity contribution is -0.147. The number of aromatic nitrogens is 1. The van der Waals surface area contributed by atoms with Gasteiger partial charge < -0.3 is 9.47 Å². The molecule has 1 aromatic heterocycles. The van der Waals surface area contributed by atoms with Gasteiger partial charge in [-0.1, -0.05) is 13.8 Å². The number of pyridine rings is 1. The molecule has 1 unspecified atom stereocenters. The SMILES string of the molecule is CCCOc1cccn(C(CC)C(=O)OCC)c1=O. The topological polar surface area (TPSA) is 57.5 Å². The number of esters is 1. The van der Waals surface area contributed by atoms with Gasteiger partial charge >= 0.3 is 5.97 Å². The highest BCUT2D eigenvalue weighted by molar-refractivity contribution is 5.74. The molecule has 5 heteroatoms. The van der Waals surface area contributed by atoms with E-state index in [2.05, 4.69) is 0 Å². The Balaban J connectivity index is 3.04. The highest BCUT2D eigenvalue weighted by atomic mass is 16.5. The molecule has 0 aliphatic carbocycles. The summed E-state index contributed by atoms with van der Waals surface area (Å²) in [5, 5.41) is 0. The van der Waals surface area contributed by atoms with E-state index in [-0.39, 0.29) is 17.3 Å². The van der Waals surface area contributed by atoms with E-state index in [0.29, 0.717) is 19.6 Å². The fourth-order valence-electron chi connectivity index (χ4n) is 1.77. The van der Waals surface area contributed by atoms with Gasteiger partial charge in [-0.15, -0.1) is 0 Å². The number of hydrogen-bond donors (Lipinski definition) is 0. The summed E-state index contributed by atoms with van der Waals surface area (Å²) in [7, 11) is 0. The van der Waals surface area contributed by atoms with Crippen LogP contribution in [0, 0.1) is 0 Å². The van der Waals surface area contributed by atoms with Gasteiger partial charge in [0.25, 0.3) is 5.56 Å². The van der Waals surface area contributed by atoms with E-state index in [1.54, 1.807) is 25.3 Å². The minimum atomic E-state index is -0.599. The lowest BCUT2D eigenvalue weighted by Gasteiger charge is -2.17. The minimum absolute atomic E-state index is 0.270. The van der Waals surface area contributed by atoms with Crippen LogP contribution in [0.5, 0.6) is 5.75 Å². The second-order valence-electron chi connectivity index (χ2n) is 4.11. The van der Waals surface area contributed by atoms with Gasteiger partial charge in [-0.2, -0.15) is 0 Å². The van der Waals surface area contributed by atoms with Crippen LogP contribution in [0.15, 0.2) is 23.1 Å². The standard InChI is InChI=1S/C14H21NO4/c1-4-10-19-12-8-7-9-15(13(12)16)11(5-2)14(17)18-6-3/h7-9,11H,4-6,10H2,1-3H3. The maximum atomic E-state index is 12.2. The Morgan fingerprint density at radius 3 is 2.68 bits per heavy atom. The quantitative estimate of drug-likeness (QED) is 0.710. The lowest BCUT2D eigenvalue weighted by atomic mass is 10.2. The van der Waals surface area contributed by atoms with Crippen molar-refractivity contribution in [1.29, 1.82) is 0 Å². The Morgan fingerprint density at radius 1 is 1.37 bits per heavy atom. The zero-order valence-corrected chi connectivity index (χ0v) is 11.7. The van der Waals surface area contributed by atoms with Crippen LogP contribution in [-0.4, -0.2) is 23.8 Å². The highest BCUT2D eigenvalue weighted by Crippen LogP contribution is 2.13. The summed E-state index contributed by atoms with van der Waals surface area (Å²) in [4.78, 5) is 24.0. The van der Waals surface area contributed by atoms with E-state index in [1.807, 2.05) is 13.8 Å². The molecule has 0 radical (unpaired) electrons. The minimum Gasteiger partial charge on any atom is -0.488 e. The summed E-state index contributed by atoms with van der Waals surface area (Å²) in [6, 6.07) is 2.72. The Bertz CT molecular complexity index is 467. The molecule has 0 spiro atoms. The number of nitrogens with zero attached hydrogens (tertiary/aromatic N) is 1. The van der Waals surface area contributed by atoms with Gasteiger partial charge in [0.05, 0.1) is 13.2 Å². The molecule has 0 aliphatic rings. The number of hydrogen-bond acceptors (Lipinski definition) is 4. The van der Waals surface area contributed by atoms with Gasteiger partial charge in [-0.25, -0.2) is 4.79 Å². The molecule has 19 heavy (non-hydrogen) atoms. The predicted octanol–water partition coefficient (Wildman–Crippen LogP) is 2.15. The van der Waals surface area contributed by atoms with Crippen LogP contribution >= 0.6 is 0 Å². The smallest absolute Gasteiger partial charge is 0.329 e. The van der Waals surface area contributed by atoms with Gasteiger partial charge in [0.2, 0.25) is 0 Å². The molecule has 5 nitrogen and oxygen atoms in total. The summed E-state index contributed by atoms with van der Waals surface area (Å²) < 4.78 is 11.7. The Labute approximate surface area is 113 Å². The highest BCUT2D eigenvalue weighted by Gasteiger charge is 2.21. The molecule has 0 amide bonds. The zero-order chi connectivity index (χ0) is 14.3. The van der Waals surface area contributed by atoms with Crippen molar-refractivity contribution < 1.29 is 14.3 Å². The van der Waals surface area contributed by atoms with Crippen LogP contribution < -0.4 is 10.3 Å². The number of rotatable bonds is 7. The monoisotopic (exact) mass is 267 g/mol. The molecule has 0 bridgehead atoms. The fourth-order valence-corrected chi connectivity index (χ4v) is 1.77. The molecule has 0 aliphatic heterocycles. The summed E-state index contributed by atoms with van der Waals surface area (Å²) in [5.74, 6) is -0.119. The molecule has 0 N–H and O–H groups in total. The van der Waals surface area contributed by atoms with Crippen molar-refractivity contribution in [3.63, 3.8) is 0 Å². The average molecular weight is 267 g/mol. The van der Waals surface area contributed by atoms with Crippen molar-refractivity contribution in [2.24, 2.45) is 0 Å². The zero-order valence-electron chi connectivity index (χ0n) is 11.7. The van der Waals surface area contributed by atoms with Crippen molar-refractivity contribution in [1.82, 2.24) is 4.57 Å². The van der Waals surface area contributed by atoms with Crippen LogP contribution in [0.2, 0.25) is 0 Å². The number of carbonyl (C=O) groups is 1. The molecule has 1 atom stereocenters. The van der Waals surface area contributed by atoms with E-state index >= 15 is 0 Å². The Hall–Kier alpha value is -1.78. The van der Waals surface area contributed by atoms with Gasteiger partial charge in [-0.3, -0.25) is 9.36 Å². The second kappa shape index (κ2) is 7.61. The van der Waals surface area contributed by atoms with Gasteiger partial charge in [0.15, 0.2) is 5.75 Å². The van der Waals surface area contributed by atoms with Gasteiger partial charge in [0, 0.05) is 6.20 Å². The third-order valence-corrected chi connectivity index (χ3v) is 2.68. The van der Waals surface area contributed by atoms with Gasteiger partial charge in [-0.05, 0) is 31.9 Å².